The Hall–Kier alpha value is -2.20. The summed E-state index contributed by atoms with van der Waals surface area (Å²) in [6.07, 6.45) is 2.59. The van der Waals surface area contributed by atoms with Gasteiger partial charge in [0.05, 0.1) is 0 Å². The SMILES string of the molecule is CN(C)C1CCN(C(=O)c2ccccn2)c2ccccc21. The molecule has 0 aliphatic carbocycles. The second-order valence-electron chi connectivity index (χ2n) is 5.50. The van der Waals surface area contributed by atoms with Crippen LogP contribution in [0, 0.1) is 0 Å². The Kier molecular flexibility index (Phi) is 3.71. The molecule has 1 aromatic carbocycles. The number of carbonyl (C=O) groups excluding carboxylic acids is 1. The van der Waals surface area contributed by atoms with E-state index in [1.54, 1.807) is 12.3 Å². The first kappa shape index (κ1) is 13.8. The van der Waals surface area contributed by atoms with Gasteiger partial charge >= 0.3 is 0 Å². The molecule has 3 rings (SSSR count). The molecule has 0 bridgehead atoms. The van der Waals surface area contributed by atoms with Crippen molar-refractivity contribution in [3.63, 3.8) is 0 Å². The Bertz CT molecular complexity index is 639. The summed E-state index contributed by atoms with van der Waals surface area (Å²) in [4.78, 5) is 20.9. The lowest BCUT2D eigenvalue weighted by molar-refractivity contribution is 0.0975. The van der Waals surface area contributed by atoms with E-state index in [0.29, 0.717) is 11.7 Å². The van der Waals surface area contributed by atoms with E-state index >= 15 is 0 Å². The second-order valence-corrected chi connectivity index (χ2v) is 5.50. The van der Waals surface area contributed by atoms with Crippen LogP contribution in [-0.2, 0) is 0 Å². The zero-order chi connectivity index (χ0) is 14.8. The van der Waals surface area contributed by atoms with Crippen LogP contribution in [0.2, 0.25) is 0 Å². The fourth-order valence-corrected chi connectivity index (χ4v) is 2.92. The van der Waals surface area contributed by atoms with Crippen LogP contribution in [0.15, 0.2) is 48.7 Å². The number of para-hydroxylation sites is 1. The third kappa shape index (κ3) is 2.54. The van der Waals surface area contributed by atoms with E-state index in [4.69, 9.17) is 0 Å². The Labute approximate surface area is 125 Å². The lowest BCUT2D eigenvalue weighted by Crippen LogP contribution is -2.39. The third-order valence-corrected chi connectivity index (χ3v) is 3.97. The molecule has 21 heavy (non-hydrogen) atoms. The van der Waals surface area contributed by atoms with Gasteiger partial charge in [-0.2, -0.15) is 0 Å². The van der Waals surface area contributed by atoms with Crippen molar-refractivity contribution in [2.24, 2.45) is 0 Å². The highest BCUT2D eigenvalue weighted by Crippen LogP contribution is 2.36. The molecule has 0 saturated carbocycles. The monoisotopic (exact) mass is 281 g/mol. The van der Waals surface area contributed by atoms with Crippen molar-refractivity contribution in [3.8, 4) is 0 Å². The molecule has 0 radical (unpaired) electrons. The lowest BCUT2D eigenvalue weighted by Gasteiger charge is -2.37. The molecule has 2 heterocycles. The Morgan fingerprint density at radius 2 is 1.95 bits per heavy atom. The first-order chi connectivity index (χ1) is 10.2. The van der Waals surface area contributed by atoms with Gasteiger partial charge in [0.15, 0.2) is 0 Å². The summed E-state index contributed by atoms with van der Waals surface area (Å²) in [5, 5.41) is 0. The minimum atomic E-state index is -0.0275. The number of anilines is 1. The molecule has 1 amide bonds. The molecule has 108 valence electrons. The van der Waals surface area contributed by atoms with E-state index in [0.717, 1.165) is 18.7 Å². The number of carbonyl (C=O) groups is 1. The van der Waals surface area contributed by atoms with Crippen LogP contribution < -0.4 is 4.90 Å². The van der Waals surface area contributed by atoms with Crippen LogP contribution in [-0.4, -0.2) is 36.4 Å². The largest absolute Gasteiger partial charge is 0.307 e. The highest BCUT2D eigenvalue weighted by atomic mass is 16.2. The molecule has 2 aromatic rings. The summed E-state index contributed by atoms with van der Waals surface area (Å²) in [6, 6.07) is 13.9. The molecule has 0 saturated heterocycles. The maximum absolute atomic E-state index is 12.7. The van der Waals surface area contributed by atoms with E-state index in [1.807, 2.05) is 35.2 Å². The standard InChI is InChI=1S/C17H19N3O/c1-19(2)15-10-12-20(16-9-4-3-7-13(15)16)17(21)14-8-5-6-11-18-14/h3-9,11,15H,10,12H2,1-2H3. The van der Waals surface area contributed by atoms with Crippen molar-refractivity contribution in [2.75, 3.05) is 25.5 Å². The predicted octanol–water partition coefficient (Wildman–Crippen LogP) is 2.73. The summed E-state index contributed by atoms with van der Waals surface area (Å²) in [5.41, 5.74) is 2.70. The van der Waals surface area contributed by atoms with E-state index in [-0.39, 0.29) is 5.91 Å². The summed E-state index contributed by atoms with van der Waals surface area (Å²) >= 11 is 0. The van der Waals surface area contributed by atoms with Gasteiger partial charge in [-0.05, 0) is 44.3 Å². The highest BCUT2D eigenvalue weighted by Gasteiger charge is 2.30. The van der Waals surface area contributed by atoms with Crippen LogP contribution in [0.1, 0.15) is 28.5 Å². The van der Waals surface area contributed by atoms with Crippen molar-refractivity contribution in [1.82, 2.24) is 9.88 Å². The zero-order valence-electron chi connectivity index (χ0n) is 12.4. The van der Waals surface area contributed by atoms with Gasteiger partial charge < -0.3 is 9.80 Å². The van der Waals surface area contributed by atoms with E-state index < -0.39 is 0 Å². The second kappa shape index (κ2) is 5.66. The number of rotatable bonds is 2. The maximum Gasteiger partial charge on any atom is 0.276 e. The molecule has 1 atom stereocenters. The van der Waals surface area contributed by atoms with Crippen molar-refractivity contribution < 1.29 is 4.79 Å². The van der Waals surface area contributed by atoms with Gasteiger partial charge in [0, 0.05) is 24.5 Å². The lowest BCUT2D eigenvalue weighted by atomic mass is 9.95. The molecule has 0 N–H and O–H groups in total. The number of benzene rings is 1. The molecule has 1 unspecified atom stereocenters. The fourth-order valence-electron chi connectivity index (χ4n) is 2.92. The topological polar surface area (TPSA) is 36.4 Å². The number of aromatic nitrogens is 1. The number of pyridine rings is 1. The van der Waals surface area contributed by atoms with Crippen LogP contribution in [0.3, 0.4) is 0 Å². The molecule has 4 heteroatoms. The number of nitrogens with zero attached hydrogens (tertiary/aromatic N) is 3. The van der Waals surface area contributed by atoms with Gasteiger partial charge in [0.1, 0.15) is 5.69 Å². The van der Waals surface area contributed by atoms with Crippen LogP contribution >= 0.6 is 0 Å². The van der Waals surface area contributed by atoms with Crippen molar-refractivity contribution in [3.05, 3.63) is 59.9 Å². The van der Waals surface area contributed by atoms with Gasteiger partial charge in [-0.15, -0.1) is 0 Å². The summed E-state index contributed by atoms with van der Waals surface area (Å²) in [5.74, 6) is -0.0275. The average molecular weight is 281 g/mol. The van der Waals surface area contributed by atoms with Crippen LogP contribution in [0.4, 0.5) is 5.69 Å². The van der Waals surface area contributed by atoms with Crippen LogP contribution in [0.25, 0.3) is 0 Å². The summed E-state index contributed by atoms with van der Waals surface area (Å²) in [7, 11) is 4.16. The number of hydrogen-bond acceptors (Lipinski definition) is 3. The highest BCUT2D eigenvalue weighted by molar-refractivity contribution is 6.05. The van der Waals surface area contributed by atoms with E-state index in [1.165, 1.54) is 5.56 Å². The zero-order valence-corrected chi connectivity index (χ0v) is 12.4. The Morgan fingerprint density at radius 3 is 2.67 bits per heavy atom. The average Bonchev–Trinajstić information content (AvgIpc) is 2.54. The molecule has 4 nitrogen and oxygen atoms in total. The molecule has 1 aromatic heterocycles. The van der Waals surface area contributed by atoms with E-state index in [2.05, 4.69) is 30.0 Å². The van der Waals surface area contributed by atoms with Gasteiger partial charge in [0.2, 0.25) is 0 Å². The molecule has 0 fully saturated rings. The first-order valence-electron chi connectivity index (χ1n) is 7.16. The first-order valence-corrected chi connectivity index (χ1v) is 7.16. The number of fused-ring (bicyclic) bond motifs is 1. The Balaban J connectivity index is 1.98. The minimum absolute atomic E-state index is 0.0275. The molecular formula is C17H19N3O. The third-order valence-electron chi connectivity index (χ3n) is 3.97. The normalized spacial score (nSPS) is 17.7. The van der Waals surface area contributed by atoms with Gasteiger partial charge in [-0.25, -0.2) is 0 Å². The van der Waals surface area contributed by atoms with Crippen molar-refractivity contribution in [1.29, 1.82) is 0 Å². The predicted molar refractivity (Wildman–Crippen MR) is 83.4 cm³/mol. The summed E-state index contributed by atoms with van der Waals surface area (Å²) in [6.45, 7) is 0.718. The molecule has 1 aliphatic rings. The smallest absolute Gasteiger partial charge is 0.276 e. The van der Waals surface area contributed by atoms with E-state index in [9.17, 15) is 4.79 Å². The van der Waals surface area contributed by atoms with Gasteiger partial charge in [0.25, 0.3) is 5.91 Å². The quantitative estimate of drug-likeness (QED) is 0.849. The number of amides is 1. The fraction of sp³-hybridized carbons (Fsp3) is 0.294. The van der Waals surface area contributed by atoms with Crippen LogP contribution in [0.5, 0.6) is 0 Å². The minimum Gasteiger partial charge on any atom is -0.307 e. The molecule has 0 spiro atoms. The maximum atomic E-state index is 12.7. The van der Waals surface area contributed by atoms with Gasteiger partial charge in [-0.1, -0.05) is 24.3 Å². The number of hydrogen-bond donors (Lipinski definition) is 0. The van der Waals surface area contributed by atoms with Crippen molar-refractivity contribution >= 4 is 11.6 Å². The van der Waals surface area contributed by atoms with Gasteiger partial charge in [-0.3, -0.25) is 9.78 Å². The Morgan fingerprint density at radius 1 is 1.19 bits per heavy atom. The summed E-state index contributed by atoms with van der Waals surface area (Å²) < 4.78 is 0. The molecular weight excluding hydrogens is 262 g/mol. The molecule has 1 aliphatic heterocycles. The van der Waals surface area contributed by atoms with Crippen molar-refractivity contribution in [2.45, 2.75) is 12.5 Å².